The van der Waals surface area contributed by atoms with Gasteiger partial charge in [0.15, 0.2) is 0 Å². The van der Waals surface area contributed by atoms with Crippen molar-refractivity contribution >= 4 is 17.5 Å². The number of phenolic OH excluding ortho intramolecular Hbond substituents is 1. The lowest BCUT2D eigenvalue weighted by molar-refractivity contribution is -0.137. The van der Waals surface area contributed by atoms with E-state index in [0.29, 0.717) is 25.3 Å². The molecule has 2 heterocycles. The van der Waals surface area contributed by atoms with E-state index in [1.54, 1.807) is 6.07 Å². The Labute approximate surface area is 214 Å². The number of likely N-dealkylation sites (N-methyl/N-ethyl adjacent to an activating group) is 1. The Hall–Kier alpha value is -2.28. The molecule has 35 heavy (non-hydrogen) atoms. The molecule has 2 aliphatic heterocycles. The smallest absolute Gasteiger partial charge is 0.223 e. The molecule has 4 rings (SSSR count). The summed E-state index contributed by atoms with van der Waals surface area (Å²) < 4.78 is 6.32. The van der Waals surface area contributed by atoms with Crippen LogP contribution >= 0.6 is 11.6 Å². The van der Waals surface area contributed by atoms with Crippen molar-refractivity contribution in [2.75, 3.05) is 52.9 Å². The predicted octanol–water partition coefficient (Wildman–Crippen LogP) is 4.49. The van der Waals surface area contributed by atoms with Gasteiger partial charge in [-0.2, -0.15) is 0 Å². The first-order valence-corrected chi connectivity index (χ1v) is 13.0. The van der Waals surface area contributed by atoms with Crippen LogP contribution in [-0.4, -0.2) is 78.6 Å². The molecule has 6 nitrogen and oxygen atoms in total. The Morgan fingerprint density at radius 2 is 1.86 bits per heavy atom. The fraction of sp³-hybridized carbons (Fsp3) is 0.536. The number of hydrogen-bond acceptors (Lipinski definition) is 5. The van der Waals surface area contributed by atoms with Crippen LogP contribution in [0.3, 0.4) is 0 Å². The van der Waals surface area contributed by atoms with Crippen molar-refractivity contribution < 1.29 is 14.6 Å². The minimum absolute atomic E-state index is 0.217. The zero-order valence-electron chi connectivity index (χ0n) is 21.2. The van der Waals surface area contributed by atoms with Crippen LogP contribution in [0, 0.1) is 19.3 Å². The molecule has 0 bridgehead atoms. The number of carbonyl (C=O) groups is 1. The maximum Gasteiger partial charge on any atom is 0.223 e. The number of hydrogen-bond donors (Lipinski definition) is 1. The number of rotatable bonds is 7. The van der Waals surface area contributed by atoms with Crippen LogP contribution in [0.1, 0.15) is 36.0 Å². The first kappa shape index (κ1) is 25.8. The van der Waals surface area contributed by atoms with E-state index in [1.165, 1.54) is 0 Å². The summed E-state index contributed by atoms with van der Waals surface area (Å²) in [5.41, 5.74) is 2.76. The number of piperazine rings is 1. The van der Waals surface area contributed by atoms with Gasteiger partial charge in [-0.05, 0) is 70.1 Å². The van der Waals surface area contributed by atoms with Crippen LogP contribution in [0.4, 0.5) is 0 Å². The van der Waals surface area contributed by atoms with Gasteiger partial charge < -0.3 is 19.6 Å². The number of piperidine rings is 1. The van der Waals surface area contributed by atoms with E-state index in [4.69, 9.17) is 16.3 Å². The minimum Gasteiger partial charge on any atom is -0.508 e. The van der Waals surface area contributed by atoms with Gasteiger partial charge in [0.2, 0.25) is 5.91 Å². The molecule has 0 saturated carbocycles. The number of aryl methyl sites for hydroxylation is 2. The van der Waals surface area contributed by atoms with Crippen molar-refractivity contribution in [1.29, 1.82) is 0 Å². The molecule has 0 aliphatic carbocycles. The van der Waals surface area contributed by atoms with Gasteiger partial charge in [-0.1, -0.05) is 29.3 Å². The summed E-state index contributed by atoms with van der Waals surface area (Å²) in [5.74, 6) is 1.33. The maximum atomic E-state index is 13.4. The van der Waals surface area contributed by atoms with E-state index in [1.807, 2.05) is 49.1 Å². The van der Waals surface area contributed by atoms with Crippen molar-refractivity contribution in [3.05, 3.63) is 58.1 Å². The molecule has 2 aromatic rings. The standard InChI is InChI=1S/C28H38ClN3O3/c1-21-5-8-26(33)23(15-21)18-31-10-4-9-28(19-31,17-27(34)32-13-11-30(3)12-14-32)20-35-24-6-7-25(29)22(2)16-24/h5-8,15-16,33H,4,9-14,17-20H2,1-3H3/t28-/m1/s1. The minimum atomic E-state index is -0.286. The highest BCUT2D eigenvalue weighted by atomic mass is 35.5. The molecule has 7 heteroatoms. The Morgan fingerprint density at radius 1 is 1.09 bits per heavy atom. The van der Waals surface area contributed by atoms with E-state index < -0.39 is 0 Å². The topological polar surface area (TPSA) is 56.3 Å². The van der Waals surface area contributed by atoms with Gasteiger partial charge in [-0.25, -0.2) is 0 Å². The van der Waals surface area contributed by atoms with E-state index in [-0.39, 0.29) is 11.3 Å². The monoisotopic (exact) mass is 499 g/mol. The van der Waals surface area contributed by atoms with Crippen molar-refractivity contribution in [3.63, 3.8) is 0 Å². The summed E-state index contributed by atoms with van der Waals surface area (Å²) in [5, 5.41) is 11.1. The molecular formula is C28H38ClN3O3. The lowest BCUT2D eigenvalue weighted by Crippen LogP contribution is -2.52. The van der Waals surface area contributed by atoms with Gasteiger partial charge in [-0.15, -0.1) is 0 Å². The van der Waals surface area contributed by atoms with Gasteiger partial charge in [0.1, 0.15) is 11.5 Å². The number of halogens is 1. The Kier molecular flexibility index (Phi) is 8.25. The van der Waals surface area contributed by atoms with Crippen molar-refractivity contribution in [2.24, 2.45) is 5.41 Å². The van der Waals surface area contributed by atoms with Gasteiger partial charge in [0, 0.05) is 61.7 Å². The highest BCUT2D eigenvalue weighted by Crippen LogP contribution is 2.37. The molecule has 1 amide bonds. The molecule has 0 radical (unpaired) electrons. The molecule has 2 saturated heterocycles. The number of ether oxygens (including phenoxy) is 1. The third-order valence-corrected chi connectivity index (χ3v) is 7.85. The van der Waals surface area contributed by atoms with Gasteiger partial charge in [0.05, 0.1) is 6.61 Å². The molecule has 1 N–H and O–H groups in total. The average Bonchev–Trinajstić information content (AvgIpc) is 2.83. The first-order valence-electron chi connectivity index (χ1n) is 12.6. The summed E-state index contributed by atoms with van der Waals surface area (Å²) >= 11 is 6.21. The first-order chi connectivity index (χ1) is 16.7. The Bertz CT molecular complexity index is 1040. The van der Waals surface area contributed by atoms with E-state index in [9.17, 15) is 9.90 Å². The number of aromatic hydroxyl groups is 1. The van der Waals surface area contributed by atoms with Crippen LogP contribution in [-0.2, 0) is 11.3 Å². The molecular weight excluding hydrogens is 462 g/mol. The summed E-state index contributed by atoms with van der Waals surface area (Å²) in [6, 6.07) is 11.5. The second-order valence-corrected chi connectivity index (χ2v) is 10.9. The van der Waals surface area contributed by atoms with Crippen LogP contribution < -0.4 is 4.74 Å². The summed E-state index contributed by atoms with van der Waals surface area (Å²) in [6.07, 6.45) is 2.40. The average molecular weight is 500 g/mol. The second-order valence-electron chi connectivity index (χ2n) is 10.5. The largest absolute Gasteiger partial charge is 0.508 e. The van der Waals surface area contributed by atoms with Crippen molar-refractivity contribution in [2.45, 2.75) is 39.7 Å². The Balaban J connectivity index is 1.51. The molecule has 2 fully saturated rings. The SMILES string of the molecule is Cc1ccc(O)c(CN2CCC[C@@](COc3ccc(Cl)c(C)c3)(CC(=O)N3CCN(C)CC3)C2)c1. The fourth-order valence-electron chi connectivity index (χ4n) is 5.27. The summed E-state index contributed by atoms with van der Waals surface area (Å²) in [7, 11) is 2.10. The Morgan fingerprint density at radius 3 is 2.60 bits per heavy atom. The molecule has 0 spiro atoms. The maximum absolute atomic E-state index is 13.4. The van der Waals surface area contributed by atoms with Crippen LogP contribution in [0.15, 0.2) is 36.4 Å². The third-order valence-electron chi connectivity index (χ3n) is 7.43. The van der Waals surface area contributed by atoms with Gasteiger partial charge in [0.25, 0.3) is 0 Å². The van der Waals surface area contributed by atoms with E-state index in [0.717, 1.165) is 79.6 Å². The van der Waals surface area contributed by atoms with Gasteiger partial charge >= 0.3 is 0 Å². The molecule has 2 aliphatic rings. The molecule has 190 valence electrons. The van der Waals surface area contributed by atoms with E-state index >= 15 is 0 Å². The number of benzene rings is 2. The van der Waals surface area contributed by atoms with Gasteiger partial charge in [-0.3, -0.25) is 9.69 Å². The van der Waals surface area contributed by atoms with Crippen LogP contribution in [0.2, 0.25) is 5.02 Å². The molecule has 0 unspecified atom stereocenters. The van der Waals surface area contributed by atoms with E-state index in [2.05, 4.69) is 16.8 Å². The summed E-state index contributed by atoms with van der Waals surface area (Å²) in [4.78, 5) is 20.1. The number of likely N-dealkylation sites (tertiary alicyclic amines) is 1. The summed E-state index contributed by atoms with van der Waals surface area (Å²) in [6.45, 7) is 10.2. The van der Waals surface area contributed by atoms with Crippen LogP contribution in [0.25, 0.3) is 0 Å². The molecule has 0 aromatic heterocycles. The number of amides is 1. The number of phenols is 1. The lowest BCUT2D eigenvalue weighted by Gasteiger charge is -2.43. The number of nitrogens with zero attached hydrogens (tertiary/aromatic N) is 3. The molecule has 1 atom stereocenters. The van der Waals surface area contributed by atoms with Crippen molar-refractivity contribution in [1.82, 2.24) is 14.7 Å². The lowest BCUT2D eigenvalue weighted by atomic mass is 9.77. The highest BCUT2D eigenvalue weighted by molar-refractivity contribution is 6.31. The molecule has 2 aromatic carbocycles. The highest BCUT2D eigenvalue weighted by Gasteiger charge is 2.40. The number of carbonyl (C=O) groups excluding carboxylic acids is 1. The predicted molar refractivity (Wildman–Crippen MR) is 140 cm³/mol. The third kappa shape index (κ3) is 6.69. The second kappa shape index (κ2) is 11.2. The zero-order valence-corrected chi connectivity index (χ0v) is 22.0. The fourth-order valence-corrected chi connectivity index (χ4v) is 5.39. The normalized spacial score (nSPS) is 21.8. The van der Waals surface area contributed by atoms with Crippen LogP contribution in [0.5, 0.6) is 11.5 Å². The van der Waals surface area contributed by atoms with Crippen molar-refractivity contribution in [3.8, 4) is 11.5 Å². The quantitative estimate of drug-likeness (QED) is 0.608. The zero-order chi connectivity index (χ0) is 25.0.